The van der Waals surface area contributed by atoms with E-state index in [1.165, 1.54) is 0 Å². The van der Waals surface area contributed by atoms with Crippen molar-refractivity contribution in [1.82, 2.24) is 4.90 Å². The lowest BCUT2D eigenvalue weighted by atomic mass is 10.1. The smallest absolute Gasteiger partial charge is 0.263 e. The van der Waals surface area contributed by atoms with E-state index in [0.717, 1.165) is 16.0 Å². The highest BCUT2D eigenvalue weighted by molar-refractivity contribution is 7.91. The van der Waals surface area contributed by atoms with E-state index in [2.05, 4.69) is 0 Å². The zero-order valence-electron chi connectivity index (χ0n) is 15.8. The Hall–Kier alpha value is -1.86. The SMILES string of the molecule is Cc1ccc(O[C@@H](C)C(=O)N(Cc2cccs2)[C@@H]2CCS(=O)(=O)C2)cc1C. The molecule has 1 aromatic heterocycles. The second-order valence-electron chi connectivity index (χ2n) is 7.11. The van der Waals surface area contributed by atoms with E-state index >= 15 is 0 Å². The van der Waals surface area contributed by atoms with E-state index in [1.54, 1.807) is 23.2 Å². The number of aryl methyl sites for hydroxylation is 2. The van der Waals surface area contributed by atoms with Crippen molar-refractivity contribution in [2.75, 3.05) is 11.5 Å². The van der Waals surface area contributed by atoms with Crippen molar-refractivity contribution in [3.05, 3.63) is 51.7 Å². The molecule has 2 heterocycles. The van der Waals surface area contributed by atoms with Crippen LogP contribution in [-0.4, -0.2) is 42.9 Å². The maximum Gasteiger partial charge on any atom is 0.263 e. The van der Waals surface area contributed by atoms with Crippen LogP contribution in [-0.2, 0) is 21.2 Å². The van der Waals surface area contributed by atoms with Gasteiger partial charge in [-0.2, -0.15) is 0 Å². The first-order chi connectivity index (χ1) is 12.7. The summed E-state index contributed by atoms with van der Waals surface area (Å²) in [5.41, 5.74) is 2.27. The minimum absolute atomic E-state index is 0.0282. The van der Waals surface area contributed by atoms with Crippen molar-refractivity contribution in [3.63, 3.8) is 0 Å². The molecule has 27 heavy (non-hydrogen) atoms. The standard InChI is InChI=1S/C20H25NO4S2/c1-14-6-7-18(11-15(14)2)25-16(3)20(22)21(12-19-5-4-9-26-19)17-8-10-27(23,24)13-17/h4-7,9,11,16-17H,8,10,12-13H2,1-3H3/t16-,17+/m0/s1. The first kappa shape index (κ1) is 19.9. The fourth-order valence-corrected chi connectivity index (χ4v) is 5.69. The molecule has 1 saturated heterocycles. The molecule has 146 valence electrons. The number of carbonyl (C=O) groups is 1. The van der Waals surface area contributed by atoms with Crippen molar-refractivity contribution in [3.8, 4) is 5.75 Å². The van der Waals surface area contributed by atoms with E-state index in [0.29, 0.717) is 18.7 Å². The number of thiophene rings is 1. The Morgan fingerprint density at radius 3 is 2.67 bits per heavy atom. The van der Waals surface area contributed by atoms with Gasteiger partial charge in [-0.25, -0.2) is 8.42 Å². The Kier molecular flexibility index (Phi) is 5.91. The van der Waals surface area contributed by atoms with Gasteiger partial charge in [0.1, 0.15) is 5.75 Å². The van der Waals surface area contributed by atoms with Crippen molar-refractivity contribution < 1.29 is 17.9 Å². The first-order valence-electron chi connectivity index (χ1n) is 9.02. The first-order valence-corrected chi connectivity index (χ1v) is 11.7. The Labute approximate surface area is 164 Å². The number of rotatable bonds is 6. The summed E-state index contributed by atoms with van der Waals surface area (Å²) in [6.45, 7) is 6.16. The Morgan fingerprint density at radius 1 is 1.30 bits per heavy atom. The van der Waals surface area contributed by atoms with Crippen LogP contribution in [0.1, 0.15) is 29.3 Å². The van der Waals surface area contributed by atoms with Gasteiger partial charge in [-0.05, 0) is 61.9 Å². The maximum atomic E-state index is 13.1. The average molecular weight is 408 g/mol. The quantitative estimate of drug-likeness (QED) is 0.737. The van der Waals surface area contributed by atoms with Crippen LogP contribution in [0.5, 0.6) is 5.75 Å². The van der Waals surface area contributed by atoms with Crippen molar-refractivity contribution in [1.29, 1.82) is 0 Å². The number of amides is 1. The van der Waals surface area contributed by atoms with Gasteiger partial charge in [-0.3, -0.25) is 4.79 Å². The van der Waals surface area contributed by atoms with Crippen molar-refractivity contribution in [2.45, 2.75) is 45.9 Å². The summed E-state index contributed by atoms with van der Waals surface area (Å²) >= 11 is 1.56. The lowest BCUT2D eigenvalue weighted by Gasteiger charge is -2.30. The van der Waals surface area contributed by atoms with Crippen LogP contribution in [0.2, 0.25) is 0 Å². The lowest BCUT2D eigenvalue weighted by molar-refractivity contribution is -0.140. The Bertz CT molecular complexity index is 906. The molecule has 0 unspecified atom stereocenters. The number of hydrogen-bond acceptors (Lipinski definition) is 5. The molecule has 2 aromatic rings. The molecular weight excluding hydrogens is 382 g/mol. The zero-order valence-corrected chi connectivity index (χ0v) is 17.5. The molecule has 0 saturated carbocycles. The van der Waals surface area contributed by atoms with Gasteiger partial charge < -0.3 is 9.64 Å². The topological polar surface area (TPSA) is 63.7 Å². The van der Waals surface area contributed by atoms with Gasteiger partial charge in [-0.1, -0.05) is 12.1 Å². The van der Waals surface area contributed by atoms with Gasteiger partial charge in [0.15, 0.2) is 15.9 Å². The second-order valence-corrected chi connectivity index (χ2v) is 10.4. The molecule has 0 N–H and O–H groups in total. The number of ether oxygens (including phenoxy) is 1. The highest BCUT2D eigenvalue weighted by Gasteiger charge is 2.36. The van der Waals surface area contributed by atoms with E-state index in [1.807, 2.05) is 49.6 Å². The summed E-state index contributed by atoms with van der Waals surface area (Å²) in [4.78, 5) is 15.9. The molecule has 1 fully saturated rings. The molecule has 1 aliphatic rings. The predicted octanol–water partition coefficient (Wildman–Crippen LogP) is 3.35. The van der Waals surface area contributed by atoms with E-state index in [9.17, 15) is 13.2 Å². The van der Waals surface area contributed by atoms with Gasteiger partial charge in [0.25, 0.3) is 5.91 Å². The molecule has 1 aromatic carbocycles. The van der Waals surface area contributed by atoms with Gasteiger partial charge >= 0.3 is 0 Å². The molecule has 1 aliphatic heterocycles. The Balaban J connectivity index is 1.77. The minimum atomic E-state index is -3.08. The van der Waals surface area contributed by atoms with Gasteiger partial charge in [-0.15, -0.1) is 11.3 Å². The highest BCUT2D eigenvalue weighted by Crippen LogP contribution is 2.24. The molecule has 5 nitrogen and oxygen atoms in total. The fraction of sp³-hybridized carbons (Fsp3) is 0.450. The van der Waals surface area contributed by atoms with E-state index < -0.39 is 15.9 Å². The van der Waals surface area contributed by atoms with Crippen LogP contribution in [0.3, 0.4) is 0 Å². The summed E-state index contributed by atoms with van der Waals surface area (Å²) in [6, 6.07) is 9.34. The summed E-state index contributed by atoms with van der Waals surface area (Å²) in [7, 11) is -3.08. The predicted molar refractivity (Wildman–Crippen MR) is 108 cm³/mol. The molecule has 2 atom stereocenters. The fourth-order valence-electron chi connectivity index (χ4n) is 3.25. The Morgan fingerprint density at radius 2 is 2.07 bits per heavy atom. The molecule has 1 amide bonds. The summed E-state index contributed by atoms with van der Waals surface area (Å²) < 4.78 is 29.8. The van der Waals surface area contributed by atoms with E-state index in [4.69, 9.17) is 4.74 Å². The molecule has 3 rings (SSSR count). The zero-order chi connectivity index (χ0) is 19.6. The van der Waals surface area contributed by atoms with Crippen molar-refractivity contribution in [2.24, 2.45) is 0 Å². The number of benzene rings is 1. The molecule has 0 radical (unpaired) electrons. The number of sulfone groups is 1. The van der Waals surface area contributed by atoms with E-state index in [-0.39, 0.29) is 23.5 Å². The van der Waals surface area contributed by atoms with Crippen LogP contribution >= 0.6 is 11.3 Å². The molecule has 7 heteroatoms. The van der Waals surface area contributed by atoms with Gasteiger partial charge in [0, 0.05) is 10.9 Å². The normalized spacial score (nSPS) is 19.6. The largest absolute Gasteiger partial charge is 0.481 e. The highest BCUT2D eigenvalue weighted by atomic mass is 32.2. The number of nitrogens with zero attached hydrogens (tertiary/aromatic N) is 1. The third-order valence-corrected chi connectivity index (χ3v) is 7.59. The average Bonchev–Trinajstić information content (AvgIpc) is 3.24. The molecular formula is C20H25NO4S2. The third-order valence-electron chi connectivity index (χ3n) is 4.98. The third kappa shape index (κ3) is 4.90. The molecule has 0 bridgehead atoms. The summed E-state index contributed by atoms with van der Waals surface area (Å²) in [5, 5.41) is 1.96. The lowest BCUT2D eigenvalue weighted by Crippen LogP contribution is -2.46. The van der Waals surface area contributed by atoms with Crippen molar-refractivity contribution >= 4 is 27.1 Å². The van der Waals surface area contributed by atoms with Gasteiger partial charge in [0.2, 0.25) is 0 Å². The second kappa shape index (κ2) is 8.02. The van der Waals surface area contributed by atoms with Crippen LogP contribution in [0, 0.1) is 13.8 Å². The number of carbonyl (C=O) groups excluding carboxylic acids is 1. The summed E-state index contributed by atoms with van der Waals surface area (Å²) in [5.74, 6) is 0.636. The van der Waals surface area contributed by atoms with Crippen LogP contribution in [0.25, 0.3) is 0 Å². The number of hydrogen-bond donors (Lipinski definition) is 0. The molecule has 0 aliphatic carbocycles. The summed E-state index contributed by atoms with van der Waals surface area (Å²) in [6.07, 6.45) is -0.203. The van der Waals surface area contributed by atoms with Crippen LogP contribution < -0.4 is 4.74 Å². The van der Waals surface area contributed by atoms with Gasteiger partial charge in [0.05, 0.1) is 18.1 Å². The monoisotopic (exact) mass is 407 g/mol. The minimum Gasteiger partial charge on any atom is -0.481 e. The maximum absolute atomic E-state index is 13.1. The molecule has 0 spiro atoms. The van der Waals surface area contributed by atoms with Crippen LogP contribution in [0.4, 0.5) is 0 Å². The van der Waals surface area contributed by atoms with Crippen LogP contribution in [0.15, 0.2) is 35.7 Å².